The number of benzene rings is 1. The maximum absolute atomic E-state index is 12.7. The van der Waals surface area contributed by atoms with Gasteiger partial charge in [-0.3, -0.25) is 10.1 Å². The average molecular weight is 389 g/mol. The third-order valence-electron chi connectivity index (χ3n) is 3.61. The molecule has 0 aliphatic carbocycles. The van der Waals surface area contributed by atoms with Gasteiger partial charge in [0.1, 0.15) is 10.8 Å². The van der Waals surface area contributed by atoms with Crippen molar-refractivity contribution in [2.75, 3.05) is 5.32 Å². The van der Waals surface area contributed by atoms with Crippen LogP contribution >= 0.6 is 23.1 Å². The molecule has 0 bridgehead atoms. The first-order chi connectivity index (χ1) is 12.7. The number of nitrogens with zero attached hydrogens (tertiary/aromatic N) is 3. The number of hydrogen-bond acceptors (Lipinski definition) is 7. The topological polar surface area (TPSA) is 80.9 Å². The van der Waals surface area contributed by atoms with E-state index in [1.54, 1.807) is 11.8 Å². The first-order valence-corrected chi connectivity index (χ1v) is 10.2. The van der Waals surface area contributed by atoms with E-state index in [9.17, 15) is 4.79 Å². The lowest BCUT2D eigenvalue weighted by Crippen LogP contribution is -2.12. The Hall–Kier alpha value is -2.19. The SMILES string of the molecule is CCCCc1nnc(NC(=O)c2ccccc2SCc2cc(C)no2)s1. The summed E-state index contributed by atoms with van der Waals surface area (Å²) in [7, 11) is 0. The maximum Gasteiger partial charge on any atom is 0.258 e. The summed E-state index contributed by atoms with van der Waals surface area (Å²) in [6.07, 6.45) is 3.08. The van der Waals surface area contributed by atoms with Gasteiger partial charge in [0.2, 0.25) is 5.13 Å². The van der Waals surface area contributed by atoms with Crippen LogP contribution in [0.3, 0.4) is 0 Å². The Morgan fingerprint density at radius 2 is 2.15 bits per heavy atom. The quantitative estimate of drug-likeness (QED) is 0.562. The van der Waals surface area contributed by atoms with Gasteiger partial charge in [-0.1, -0.05) is 42.0 Å². The van der Waals surface area contributed by atoms with E-state index in [0.717, 1.165) is 40.6 Å². The minimum absolute atomic E-state index is 0.181. The molecule has 3 aromatic rings. The van der Waals surface area contributed by atoms with Gasteiger partial charge in [-0.25, -0.2) is 0 Å². The highest BCUT2D eigenvalue weighted by molar-refractivity contribution is 7.98. The van der Waals surface area contributed by atoms with Crippen molar-refractivity contribution in [1.29, 1.82) is 0 Å². The van der Waals surface area contributed by atoms with Crippen molar-refractivity contribution >= 4 is 34.1 Å². The zero-order chi connectivity index (χ0) is 18.4. The summed E-state index contributed by atoms with van der Waals surface area (Å²) >= 11 is 2.97. The molecule has 0 spiro atoms. The molecule has 136 valence electrons. The van der Waals surface area contributed by atoms with Crippen LogP contribution in [0.15, 0.2) is 39.8 Å². The van der Waals surface area contributed by atoms with Crippen LogP contribution in [0.2, 0.25) is 0 Å². The van der Waals surface area contributed by atoms with Gasteiger partial charge in [0.25, 0.3) is 5.91 Å². The van der Waals surface area contributed by atoms with Gasteiger partial charge in [0, 0.05) is 17.4 Å². The number of anilines is 1. The molecule has 0 aliphatic rings. The summed E-state index contributed by atoms with van der Waals surface area (Å²) in [5.74, 6) is 1.22. The van der Waals surface area contributed by atoms with Gasteiger partial charge >= 0.3 is 0 Å². The zero-order valence-electron chi connectivity index (χ0n) is 14.7. The smallest absolute Gasteiger partial charge is 0.258 e. The Morgan fingerprint density at radius 3 is 2.92 bits per heavy atom. The number of thioether (sulfide) groups is 1. The van der Waals surface area contributed by atoms with E-state index in [0.29, 0.717) is 16.4 Å². The highest BCUT2D eigenvalue weighted by Crippen LogP contribution is 2.27. The van der Waals surface area contributed by atoms with E-state index < -0.39 is 0 Å². The van der Waals surface area contributed by atoms with Crippen molar-refractivity contribution in [3.05, 3.63) is 52.4 Å². The molecule has 6 nitrogen and oxygen atoms in total. The molecule has 2 aromatic heterocycles. The Bertz CT molecular complexity index is 875. The molecular weight excluding hydrogens is 368 g/mol. The summed E-state index contributed by atoms with van der Waals surface area (Å²) in [6, 6.07) is 9.40. The van der Waals surface area contributed by atoms with Crippen LogP contribution in [0.1, 0.15) is 46.6 Å². The Balaban J connectivity index is 1.66. The molecule has 0 aliphatic heterocycles. The Kier molecular flexibility index (Phi) is 6.40. The minimum atomic E-state index is -0.181. The van der Waals surface area contributed by atoms with Crippen LogP contribution in [0.5, 0.6) is 0 Å². The first kappa shape index (κ1) is 18.6. The van der Waals surface area contributed by atoms with Crippen LogP contribution in [0, 0.1) is 6.92 Å². The number of nitrogens with one attached hydrogen (secondary N) is 1. The van der Waals surface area contributed by atoms with Crippen molar-refractivity contribution < 1.29 is 9.32 Å². The number of unbranched alkanes of at least 4 members (excludes halogenated alkanes) is 1. The lowest BCUT2D eigenvalue weighted by Gasteiger charge is -2.07. The lowest BCUT2D eigenvalue weighted by atomic mass is 10.2. The predicted octanol–water partition coefficient (Wildman–Crippen LogP) is 4.72. The average Bonchev–Trinajstić information content (AvgIpc) is 3.27. The molecule has 0 saturated carbocycles. The van der Waals surface area contributed by atoms with E-state index in [1.165, 1.54) is 11.3 Å². The predicted molar refractivity (Wildman–Crippen MR) is 104 cm³/mol. The van der Waals surface area contributed by atoms with E-state index in [4.69, 9.17) is 4.52 Å². The largest absolute Gasteiger partial charge is 0.360 e. The van der Waals surface area contributed by atoms with Gasteiger partial charge in [-0.05, 0) is 25.5 Å². The van der Waals surface area contributed by atoms with Gasteiger partial charge in [-0.15, -0.1) is 22.0 Å². The molecule has 0 unspecified atom stereocenters. The van der Waals surface area contributed by atoms with Gasteiger partial charge < -0.3 is 4.52 Å². The fraction of sp³-hybridized carbons (Fsp3) is 0.333. The molecule has 3 rings (SSSR count). The molecule has 1 amide bonds. The molecular formula is C18H20N4O2S2. The third-order valence-corrected chi connectivity index (χ3v) is 5.60. The van der Waals surface area contributed by atoms with Crippen LogP contribution in [-0.4, -0.2) is 21.3 Å². The van der Waals surface area contributed by atoms with Gasteiger partial charge in [0.15, 0.2) is 0 Å². The Morgan fingerprint density at radius 1 is 1.31 bits per heavy atom. The summed E-state index contributed by atoms with van der Waals surface area (Å²) in [6.45, 7) is 4.02. The van der Waals surface area contributed by atoms with E-state index in [2.05, 4.69) is 27.6 Å². The number of carbonyl (C=O) groups is 1. The summed E-state index contributed by atoms with van der Waals surface area (Å²) < 4.78 is 5.23. The van der Waals surface area contributed by atoms with E-state index in [-0.39, 0.29) is 5.91 Å². The molecule has 1 aromatic carbocycles. The number of aryl methyl sites for hydroxylation is 2. The van der Waals surface area contributed by atoms with Gasteiger partial charge in [-0.2, -0.15) is 0 Å². The molecule has 2 heterocycles. The fourth-order valence-corrected chi connectivity index (χ4v) is 4.01. The minimum Gasteiger partial charge on any atom is -0.360 e. The fourth-order valence-electron chi connectivity index (χ4n) is 2.31. The van der Waals surface area contributed by atoms with Crippen LogP contribution < -0.4 is 5.32 Å². The molecule has 1 N–H and O–H groups in total. The first-order valence-electron chi connectivity index (χ1n) is 8.43. The summed E-state index contributed by atoms with van der Waals surface area (Å²) in [5.41, 5.74) is 1.46. The van der Waals surface area contributed by atoms with Gasteiger partial charge in [0.05, 0.1) is 17.0 Å². The number of rotatable bonds is 8. The van der Waals surface area contributed by atoms with Crippen molar-refractivity contribution in [3.8, 4) is 0 Å². The monoisotopic (exact) mass is 388 g/mol. The zero-order valence-corrected chi connectivity index (χ0v) is 16.3. The van der Waals surface area contributed by atoms with Crippen molar-refractivity contribution in [2.24, 2.45) is 0 Å². The molecule has 0 fully saturated rings. The lowest BCUT2D eigenvalue weighted by molar-refractivity contribution is 0.102. The molecule has 0 saturated heterocycles. The maximum atomic E-state index is 12.7. The number of carbonyl (C=O) groups excluding carboxylic acids is 1. The summed E-state index contributed by atoms with van der Waals surface area (Å²) in [5, 5.41) is 16.4. The van der Waals surface area contributed by atoms with Crippen molar-refractivity contribution in [1.82, 2.24) is 15.4 Å². The molecule has 0 radical (unpaired) electrons. The number of aromatic nitrogens is 3. The van der Waals surface area contributed by atoms with Crippen LogP contribution in [0.4, 0.5) is 5.13 Å². The van der Waals surface area contributed by atoms with Crippen molar-refractivity contribution in [3.63, 3.8) is 0 Å². The van der Waals surface area contributed by atoms with E-state index in [1.807, 2.05) is 37.3 Å². The van der Waals surface area contributed by atoms with Crippen LogP contribution in [-0.2, 0) is 12.2 Å². The molecule has 26 heavy (non-hydrogen) atoms. The summed E-state index contributed by atoms with van der Waals surface area (Å²) in [4.78, 5) is 13.5. The number of hydrogen-bond donors (Lipinski definition) is 1. The normalized spacial score (nSPS) is 10.8. The second-order valence-corrected chi connectivity index (χ2v) is 7.86. The Labute approximate surface area is 160 Å². The van der Waals surface area contributed by atoms with Crippen LogP contribution in [0.25, 0.3) is 0 Å². The third kappa shape index (κ3) is 4.92. The standard InChI is InChI=1S/C18H20N4O2S2/c1-3-4-9-16-20-21-18(26-16)19-17(23)14-7-5-6-8-15(14)25-11-13-10-12(2)22-24-13/h5-8,10H,3-4,9,11H2,1-2H3,(H,19,21,23). The highest BCUT2D eigenvalue weighted by Gasteiger charge is 2.15. The second-order valence-electron chi connectivity index (χ2n) is 5.78. The second kappa shape index (κ2) is 8.95. The number of amides is 1. The molecule has 0 atom stereocenters. The van der Waals surface area contributed by atoms with Crippen molar-refractivity contribution in [2.45, 2.75) is 43.8 Å². The molecule has 8 heteroatoms. The highest BCUT2D eigenvalue weighted by atomic mass is 32.2. The van der Waals surface area contributed by atoms with E-state index >= 15 is 0 Å².